The minimum atomic E-state index is -4.71. The van der Waals surface area contributed by atoms with Gasteiger partial charge in [-0.25, -0.2) is 9.18 Å². The van der Waals surface area contributed by atoms with Crippen molar-refractivity contribution in [3.63, 3.8) is 0 Å². The van der Waals surface area contributed by atoms with E-state index in [0.29, 0.717) is 34.9 Å². The molecule has 0 unspecified atom stereocenters. The summed E-state index contributed by atoms with van der Waals surface area (Å²) < 4.78 is 67.0. The Morgan fingerprint density at radius 2 is 1.80 bits per heavy atom. The largest absolute Gasteiger partial charge is 0.495 e. The molecule has 1 atom stereocenters. The van der Waals surface area contributed by atoms with Crippen LogP contribution >= 0.6 is 11.6 Å². The highest BCUT2D eigenvalue weighted by Crippen LogP contribution is 2.37. The predicted octanol–water partition coefficient (Wildman–Crippen LogP) is 7.56. The fraction of sp³-hybridized carbons (Fsp3) is 0.500. The minimum absolute atomic E-state index is 0.196. The average molecular weight is 600 g/mol. The van der Waals surface area contributed by atoms with E-state index in [9.17, 15) is 22.4 Å². The summed E-state index contributed by atoms with van der Waals surface area (Å²) >= 11 is 6.63. The Labute approximate surface area is 244 Å². The van der Waals surface area contributed by atoms with Crippen molar-refractivity contribution in [3.05, 3.63) is 70.1 Å². The third kappa shape index (κ3) is 9.26. The molecule has 0 saturated carbocycles. The Morgan fingerprint density at radius 3 is 2.41 bits per heavy atom. The molecule has 0 saturated heterocycles. The van der Waals surface area contributed by atoms with Gasteiger partial charge in [0.1, 0.15) is 17.2 Å². The van der Waals surface area contributed by atoms with Gasteiger partial charge >= 0.3 is 12.3 Å². The minimum Gasteiger partial charge on any atom is -0.495 e. The van der Waals surface area contributed by atoms with Gasteiger partial charge in [0, 0.05) is 43.0 Å². The molecular weight excluding hydrogens is 562 g/mol. The lowest BCUT2D eigenvalue weighted by Crippen LogP contribution is -2.49. The fourth-order valence-corrected chi connectivity index (χ4v) is 5.18. The Hall–Kier alpha value is -2.98. The monoisotopic (exact) mass is 599 g/mol. The Balaban J connectivity index is 1.98. The van der Waals surface area contributed by atoms with E-state index in [1.54, 1.807) is 43.9 Å². The number of nitrogens with one attached hydrogen (secondary N) is 1. The Bertz CT molecular complexity index is 1240. The summed E-state index contributed by atoms with van der Waals surface area (Å²) in [5.41, 5.74) is -0.760. The van der Waals surface area contributed by atoms with Gasteiger partial charge in [-0.3, -0.25) is 4.90 Å². The first kappa shape index (κ1) is 32.5. The highest BCUT2D eigenvalue weighted by molar-refractivity contribution is 6.33. The van der Waals surface area contributed by atoms with E-state index in [1.807, 2.05) is 24.9 Å². The molecule has 0 aliphatic carbocycles. The van der Waals surface area contributed by atoms with Crippen molar-refractivity contribution in [2.45, 2.75) is 65.4 Å². The molecule has 1 aliphatic rings. The van der Waals surface area contributed by atoms with Crippen molar-refractivity contribution in [2.24, 2.45) is 5.92 Å². The molecule has 2 aromatic carbocycles. The maximum atomic E-state index is 14.8. The lowest BCUT2D eigenvalue weighted by atomic mass is 10.0. The van der Waals surface area contributed by atoms with Crippen molar-refractivity contribution < 1.29 is 31.8 Å². The van der Waals surface area contributed by atoms with Gasteiger partial charge in [0.2, 0.25) is 0 Å². The second-order valence-electron chi connectivity index (χ2n) is 11.6. The van der Waals surface area contributed by atoms with Crippen LogP contribution in [0.4, 0.5) is 22.4 Å². The molecule has 41 heavy (non-hydrogen) atoms. The van der Waals surface area contributed by atoms with Gasteiger partial charge in [-0.15, -0.1) is 0 Å². The molecule has 1 amide bonds. The summed E-state index contributed by atoms with van der Waals surface area (Å²) in [5.74, 6) is -0.238. The van der Waals surface area contributed by atoms with Crippen LogP contribution in [0, 0.1) is 11.7 Å². The number of nitrogens with zero attached hydrogens (tertiary/aromatic N) is 2. The van der Waals surface area contributed by atoms with Crippen LogP contribution in [0.3, 0.4) is 0 Å². The predicted molar refractivity (Wildman–Crippen MR) is 152 cm³/mol. The topological polar surface area (TPSA) is 54.0 Å². The lowest BCUT2D eigenvalue weighted by Gasteiger charge is -2.38. The van der Waals surface area contributed by atoms with Crippen LogP contribution in [0.1, 0.15) is 57.7 Å². The van der Waals surface area contributed by atoms with Gasteiger partial charge < -0.3 is 19.7 Å². The van der Waals surface area contributed by atoms with Crippen molar-refractivity contribution in [1.29, 1.82) is 0 Å². The number of carbonyl (C=O) groups excluding carboxylic acids is 1. The third-order valence-electron chi connectivity index (χ3n) is 6.38. The molecule has 3 rings (SSSR count). The zero-order valence-corrected chi connectivity index (χ0v) is 25.0. The number of carbonyl (C=O) groups is 1. The van der Waals surface area contributed by atoms with Crippen LogP contribution in [0.2, 0.25) is 5.02 Å². The number of rotatable bonds is 9. The Morgan fingerprint density at radius 1 is 1.12 bits per heavy atom. The molecule has 1 aliphatic heterocycles. The maximum absolute atomic E-state index is 14.8. The van der Waals surface area contributed by atoms with Gasteiger partial charge in [-0.05, 0) is 56.9 Å². The number of alkyl halides is 3. The van der Waals surface area contributed by atoms with Gasteiger partial charge in [-0.2, -0.15) is 13.2 Å². The van der Waals surface area contributed by atoms with E-state index < -0.39 is 34.8 Å². The van der Waals surface area contributed by atoms with E-state index in [1.165, 1.54) is 7.11 Å². The summed E-state index contributed by atoms with van der Waals surface area (Å²) in [5, 5.41) is 3.29. The van der Waals surface area contributed by atoms with Crippen LogP contribution in [0.5, 0.6) is 5.75 Å². The smallest absolute Gasteiger partial charge is 0.416 e. The molecule has 1 N–H and O–H groups in total. The molecule has 0 radical (unpaired) electrons. The highest BCUT2D eigenvalue weighted by atomic mass is 35.5. The van der Waals surface area contributed by atoms with E-state index in [4.69, 9.17) is 21.1 Å². The highest BCUT2D eigenvalue weighted by Gasteiger charge is 2.35. The zero-order chi connectivity index (χ0) is 30.5. The second kappa shape index (κ2) is 13.3. The van der Waals surface area contributed by atoms with Crippen LogP contribution < -0.4 is 10.1 Å². The summed E-state index contributed by atoms with van der Waals surface area (Å²) in [6.07, 6.45) is -2.75. The number of hydrogen-bond donors (Lipinski definition) is 1. The second-order valence-corrected chi connectivity index (χ2v) is 12.0. The number of halogens is 5. The van der Waals surface area contributed by atoms with Gasteiger partial charge in [0.25, 0.3) is 0 Å². The molecule has 1 heterocycles. The Kier molecular flexibility index (Phi) is 10.6. The zero-order valence-electron chi connectivity index (χ0n) is 24.2. The molecule has 226 valence electrons. The van der Waals surface area contributed by atoms with Gasteiger partial charge in [-0.1, -0.05) is 43.6 Å². The molecule has 6 nitrogen and oxygen atoms in total. The quantitative estimate of drug-likeness (QED) is 0.302. The van der Waals surface area contributed by atoms with E-state index in [-0.39, 0.29) is 31.7 Å². The first-order valence-corrected chi connectivity index (χ1v) is 13.8. The first-order valence-electron chi connectivity index (χ1n) is 13.4. The normalized spacial score (nSPS) is 15.5. The fourth-order valence-electron chi connectivity index (χ4n) is 4.85. The summed E-state index contributed by atoms with van der Waals surface area (Å²) in [7, 11) is 1.49. The number of methoxy groups -OCH3 is 1. The molecule has 0 fully saturated rings. The van der Waals surface area contributed by atoms with Crippen LogP contribution in [0.15, 0.2) is 42.6 Å². The average Bonchev–Trinajstić information content (AvgIpc) is 2.83. The van der Waals surface area contributed by atoms with Crippen molar-refractivity contribution in [2.75, 3.05) is 26.9 Å². The number of hydrogen-bond acceptors (Lipinski definition) is 5. The SMILES string of the molecule is COc1cccc(C2=CN(C[C@@H](CC(C)C)NC(=O)OC(C)(C)C)CN(Cc3c(F)cccc3C(F)(F)F)C2)c1Cl. The standard InChI is InChI=1S/C30H38ClF4N3O3/c1-19(2)13-21(36-28(39)41-29(3,4)5)16-37-14-20(22-9-7-12-26(40-6)27(22)31)15-38(18-37)17-23-24(30(33,34)35)10-8-11-25(23)32/h7-12,14,19,21H,13,15-18H2,1-6H3,(H,36,39)/t21-/m1/s1. The summed E-state index contributed by atoms with van der Waals surface area (Å²) in [6.45, 7) is 9.84. The molecule has 0 spiro atoms. The van der Waals surface area contributed by atoms with Crippen molar-refractivity contribution in [3.8, 4) is 5.75 Å². The molecule has 0 aromatic heterocycles. The van der Waals surface area contributed by atoms with Crippen molar-refractivity contribution >= 4 is 23.3 Å². The third-order valence-corrected chi connectivity index (χ3v) is 6.77. The number of benzene rings is 2. The molecular formula is C30H38ClF4N3O3. The number of ether oxygens (including phenoxy) is 2. The van der Waals surface area contributed by atoms with E-state index in [0.717, 1.165) is 18.2 Å². The van der Waals surface area contributed by atoms with E-state index in [2.05, 4.69) is 5.32 Å². The van der Waals surface area contributed by atoms with Crippen LogP contribution in [-0.4, -0.2) is 54.4 Å². The van der Waals surface area contributed by atoms with Gasteiger partial charge in [0.05, 0.1) is 24.4 Å². The van der Waals surface area contributed by atoms with E-state index >= 15 is 0 Å². The molecule has 11 heteroatoms. The molecule has 0 bridgehead atoms. The lowest BCUT2D eigenvalue weighted by molar-refractivity contribution is -0.138. The number of alkyl carbamates (subject to hydrolysis) is 1. The maximum Gasteiger partial charge on any atom is 0.416 e. The first-order chi connectivity index (χ1) is 19.1. The van der Waals surface area contributed by atoms with Crippen LogP contribution in [0.25, 0.3) is 5.57 Å². The number of amides is 1. The van der Waals surface area contributed by atoms with Crippen LogP contribution in [-0.2, 0) is 17.5 Å². The van der Waals surface area contributed by atoms with Gasteiger partial charge in [0.15, 0.2) is 0 Å². The van der Waals surface area contributed by atoms with Crippen molar-refractivity contribution in [1.82, 2.24) is 15.1 Å². The summed E-state index contributed by atoms with van der Waals surface area (Å²) in [6, 6.07) is 7.93. The summed E-state index contributed by atoms with van der Waals surface area (Å²) in [4.78, 5) is 16.2. The molecule has 2 aromatic rings.